The van der Waals surface area contributed by atoms with Crippen molar-refractivity contribution >= 4 is 29.5 Å². The Morgan fingerprint density at radius 2 is 1.40 bits per heavy atom. The summed E-state index contributed by atoms with van der Waals surface area (Å²) in [6.45, 7) is 0. The van der Waals surface area contributed by atoms with Crippen molar-refractivity contribution in [1.82, 2.24) is 3.94 Å². The van der Waals surface area contributed by atoms with Gasteiger partial charge in [0.15, 0.2) is 0 Å². The van der Waals surface area contributed by atoms with Gasteiger partial charge in [-0.1, -0.05) is 0 Å². The smallest absolute Gasteiger partial charge is 0.258 e. The summed E-state index contributed by atoms with van der Waals surface area (Å²) < 4.78 is 0.771. The van der Waals surface area contributed by atoms with E-state index in [4.69, 9.17) is 23.6 Å². The van der Waals surface area contributed by atoms with Crippen molar-refractivity contribution in [3.63, 3.8) is 0 Å². The molecule has 0 atom stereocenters. The van der Waals surface area contributed by atoms with Gasteiger partial charge < -0.3 is 0 Å². The van der Waals surface area contributed by atoms with Crippen LogP contribution in [0.2, 0.25) is 0 Å². The molecule has 4 heteroatoms. The van der Waals surface area contributed by atoms with Crippen LogP contribution >= 0.6 is 23.6 Å². The fourth-order valence-electron chi connectivity index (χ4n) is 4.55. The molecule has 2 nitrogen and oxygen atoms in total. The molecule has 4 aliphatic rings. The van der Waals surface area contributed by atoms with Gasteiger partial charge in [-0.2, -0.15) is 3.94 Å². The zero-order valence-corrected chi connectivity index (χ0v) is 10.1. The normalized spacial score (nSPS) is 46.9. The number of halogens is 2. The first-order chi connectivity index (χ1) is 7.09. The van der Waals surface area contributed by atoms with Crippen LogP contribution in [0.5, 0.6) is 0 Å². The molecule has 4 rings (SSSR count). The van der Waals surface area contributed by atoms with Crippen molar-refractivity contribution < 1.29 is 4.79 Å². The highest BCUT2D eigenvalue weighted by Gasteiger charge is 2.55. The van der Waals surface area contributed by atoms with Gasteiger partial charge in [-0.05, 0) is 56.3 Å². The largest absolute Gasteiger partial charge is 0.272 e. The molecule has 0 aromatic heterocycles. The maximum Gasteiger partial charge on any atom is 0.258 e. The summed E-state index contributed by atoms with van der Waals surface area (Å²) in [6.07, 6.45) is 7.06. The third-order valence-electron chi connectivity index (χ3n) is 4.65. The zero-order valence-electron chi connectivity index (χ0n) is 8.59. The minimum atomic E-state index is -0.196. The molecule has 0 spiro atoms. The summed E-state index contributed by atoms with van der Waals surface area (Å²) >= 11 is 11.2. The van der Waals surface area contributed by atoms with Crippen LogP contribution in [-0.4, -0.2) is 9.85 Å². The quantitative estimate of drug-likeness (QED) is 0.652. The Morgan fingerprint density at radius 3 is 1.73 bits per heavy atom. The van der Waals surface area contributed by atoms with Gasteiger partial charge in [0.05, 0.1) is 5.41 Å². The summed E-state index contributed by atoms with van der Waals surface area (Å²) in [4.78, 5) is 12.1. The van der Waals surface area contributed by atoms with Gasteiger partial charge in [-0.15, -0.1) is 0 Å². The Balaban J connectivity index is 1.90. The molecule has 0 saturated heterocycles. The van der Waals surface area contributed by atoms with Gasteiger partial charge in [0, 0.05) is 23.6 Å². The minimum absolute atomic E-state index is 0.0510. The lowest BCUT2D eigenvalue weighted by atomic mass is 9.49. The second kappa shape index (κ2) is 3.27. The van der Waals surface area contributed by atoms with Gasteiger partial charge in [0.25, 0.3) is 5.91 Å². The summed E-state index contributed by atoms with van der Waals surface area (Å²) in [5.41, 5.74) is -0.196. The molecule has 15 heavy (non-hydrogen) atoms. The van der Waals surface area contributed by atoms with Crippen molar-refractivity contribution in [3.05, 3.63) is 0 Å². The summed E-state index contributed by atoms with van der Waals surface area (Å²) in [7, 11) is 0. The van der Waals surface area contributed by atoms with Crippen LogP contribution in [0.4, 0.5) is 0 Å². The van der Waals surface area contributed by atoms with E-state index >= 15 is 0 Å². The van der Waals surface area contributed by atoms with Crippen LogP contribution in [0.1, 0.15) is 38.5 Å². The topological polar surface area (TPSA) is 20.3 Å². The van der Waals surface area contributed by atoms with Gasteiger partial charge in [0.1, 0.15) is 0 Å². The van der Waals surface area contributed by atoms with E-state index in [1.807, 2.05) is 0 Å². The first-order valence-corrected chi connectivity index (χ1v) is 6.43. The molecule has 0 heterocycles. The maximum atomic E-state index is 12.1. The molecule has 0 unspecified atom stereocenters. The fraction of sp³-hybridized carbons (Fsp3) is 0.909. The average molecular weight is 248 g/mol. The SMILES string of the molecule is O=C(N(Cl)Cl)C12CC3CC(CC(C3)C1)C2. The number of carbonyl (C=O) groups is 1. The molecular weight excluding hydrogens is 233 g/mol. The van der Waals surface area contributed by atoms with E-state index in [9.17, 15) is 4.79 Å². The molecule has 0 aromatic rings. The first kappa shape index (κ1) is 10.2. The number of carbonyl (C=O) groups excluding carboxylic acids is 1. The van der Waals surface area contributed by atoms with Crippen LogP contribution in [0, 0.1) is 23.2 Å². The van der Waals surface area contributed by atoms with E-state index in [-0.39, 0.29) is 11.3 Å². The molecule has 4 aliphatic carbocycles. The van der Waals surface area contributed by atoms with Crippen LogP contribution in [-0.2, 0) is 4.79 Å². The fourth-order valence-corrected chi connectivity index (χ4v) is 4.91. The van der Waals surface area contributed by atoms with E-state index in [2.05, 4.69) is 0 Å². The van der Waals surface area contributed by atoms with Crippen molar-refractivity contribution in [2.75, 3.05) is 0 Å². The number of nitrogens with zero attached hydrogens (tertiary/aromatic N) is 1. The second-order valence-corrected chi connectivity index (χ2v) is 6.59. The predicted octanol–water partition coefficient (Wildman–Crippen LogP) is 3.34. The van der Waals surface area contributed by atoms with Crippen LogP contribution < -0.4 is 0 Å². The first-order valence-electron chi connectivity index (χ1n) is 5.75. The summed E-state index contributed by atoms with van der Waals surface area (Å²) in [5, 5.41) is 0. The molecule has 1 amide bonds. The molecule has 0 aliphatic heterocycles. The van der Waals surface area contributed by atoms with E-state index in [0.717, 1.165) is 41.0 Å². The third-order valence-corrected chi connectivity index (χ3v) is 4.95. The Bertz CT molecular complexity index is 268. The van der Waals surface area contributed by atoms with Gasteiger partial charge in [-0.3, -0.25) is 4.79 Å². The zero-order chi connectivity index (χ0) is 10.6. The predicted molar refractivity (Wildman–Crippen MR) is 59.2 cm³/mol. The lowest BCUT2D eigenvalue weighted by Gasteiger charge is -2.55. The van der Waals surface area contributed by atoms with Crippen molar-refractivity contribution in [2.45, 2.75) is 38.5 Å². The third kappa shape index (κ3) is 1.49. The molecular formula is C11H15Cl2NO. The molecule has 0 N–H and O–H groups in total. The Kier molecular flexibility index (Phi) is 2.23. The highest BCUT2D eigenvalue weighted by Crippen LogP contribution is 2.60. The molecule has 0 radical (unpaired) electrons. The lowest BCUT2D eigenvalue weighted by molar-refractivity contribution is -0.149. The molecule has 4 fully saturated rings. The van der Waals surface area contributed by atoms with Gasteiger partial charge in [0.2, 0.25) is 0 Å². The Labute approximate surface area is 100 Å². The average Bonchev–Trinajstić information content (AvgIpc) is 2.14. The Morgan fingerprint density at radius 1 is 1.00 bits per heavy atom. The molecule has 0 aromatic carbocycles. The van der Waals surface area contributed by atoms with Crippen molar-refractivity contribution in [1.29, 1.82) is 0 Å². The second-order valence-electron chi connectivity index (χ2n) is 5.74. The summed E-state index contributed by atoms with van der Waals surface area (Å²) in [6, 6.07) is 0. The monoisotopic (exact) mass is 247 g/mol. The van der Waals surface area contributed by atoms with E-state index in [1.165, 1.54) is 19.3 Å². The lowest BCUT2D eigenvalue weighted by Crippen LogP contribution is -2.51. The van der Waals surface area contributed by atoms with Gasteiger partial charge >= 0.3 is 0 Å². The minimum Gasteiger partial charge on any atom is -0.272 e. The van der Waals surface area contributed by atoms with Crippen LogP contribution in [0.3, 0.4) is 0 Å². The van der Waals surface area contributed by atoms with E-state index in [1.54, 1.807) is 0 Å². The molecule has 84 valence electrons. The van der Waals surface area contributed by atoms with Gasteiger partial charge in [-0.25, -0.2) is 0 Å². The maximum absolute atomic E-state index is 12.1. The highest BCUT2D eigenvalue weighted by molar-refractivity contribution is 6.41. The number of hydrogen-bond acceptors (Lipinski definition) is 1. The van der Waals surface area contributed by atoms with E-state index in [0.29, 0.717) is 0 Å². The highest BCUT2D eigenvalue weighted by atomic mass is 35.5. The molecule has 4 saturated carbocycles. The number of rotatable bonds is 1. The van der Waals surface area contributed by atoms with Crippen LogP contribution in [0.15, 0.2) is 0 Å². The van der Waals surface area contributed by atoms with Crippen molar-refractivity contribution in [3.8, 4) is 0 Å². The standard InChI is InChI=1S/C11H15Cl2NO/c12-14(13)10(15)11-4-7-1-8(5-11)3-9(2-7)6-11/h7-9H,1-6H2. The number of amides is 1. The van der Waals surface area contributed by atoms with Crippen LogP contribution in [0.25, 0.3) is 0 Å². The van der Waals surface area contributed by atoms with E-state index < -0.39 is 0 Å². The summed E-state index contributed by atoms with van der Waals surface area (Å²) in [5.74, 6) is 2.22. The number of hydrogen-bond donors (Lipinski definition) is 0. The molecule has 4 bridgehead atoms. The Hall–Kier alpha value is 0.0500. The van der Waals surface area contributed by atoms with Crippen molar-refractivity contribution in [2.24, 2.45) is 23.2 Å².